The Morgan fingerprint density at radius 1 is 1.32 bits per heavy atom. The normalized spacial score (nSPS) is 11.9. The lowest BCUT2D eigenvalue weighted by atomic mass is 10.1. The monoisotopic (exact) mass is 327 g/mol. The van der Waals surface area contributed by atoms with E-state index in [1.165, 1.54) is 0 Å². The van der Waals surface area contributed by atoms with Gasteiger partial charge in [-0.1, -0.05) is 28.1 Å². The highest BCUT2D eigenvalue weighted by molar-refractivity contribution is 9.09. The van der Waals surface area contributed by atoms with Crippen LogP contribution in [0.5, 0.6) is 5.75 Å². The Kier molecular flexibility index (Phi) is 7.56. The molecule has 0 aliphatic carbocycles. The number of carbonyl (C=O) groups is 1. The summed E-state index contributed by atoms with van der Waals surface area (Å²) in [5.74, 6) is 0.976. The Morgan fingerprint density at radius 3 is 2.58 bits per heavy atom. The summed E-state index contributed by atoms with van der Waals surface area (Å²) >= 11 is 3.36. The van der Waals surface area contributed by atoms with E-state index in [9.17, 15) is 4.79 Å². The first-order valence-electron chi connectivity index (χ1n) is 6.75. The molecule has 1 rings (SSSR count). The van der Waals surface area contributed by atoms with Gasteiger partial charge in [-0.05, 0) is 44.4 Å². The first-order valence-corrected chi connectivity index (χ1v) is 7.87. The largest absolute Gasteiger partial charge is 0.494 e. The fourth-order valence-corrected chi connectivity index (χ4v) is 2.19. The lowest BCUT2D eigenvalue weighted by Crippen LogP contribution is -2.26. The smallest absolute Gasteiger partial charge is 0.220 e. The number of amides is 1. The Labute approximate surface area is 123 Å². The van der Waals surface area contributed by atoms with E-state index in [4.69, 9.17) is 4.74 Å². The maximum atomic E-state index is 11.7. The van der Waals surface area contributed by atoms with Crippen molar-refractivity contribution in [2.45, 2.75) is 39.2 Å². The van der Waals surface area contributed by atoms with Crippen LogP contribution in [0.3, 0.4) is 0 Å². The van der Waals surface area contributed by atoms with Gasteiger partial charge in [0.1, 0.15) is 5.75 Å². The summed E-state index contributed by atoms with van der Waals surface area (Å²) in [6.45, 7) is 4.63. The predicted molar refractivity (Wildman–Crippen MR) is 81.8 cm³/mol. The molecule has 3 nitrogen and oxygen atoms in total. The Balaban J connectivity index is 2.43. The van der Waals surface area contributed by atoms with Crippen molar-refractivity contribution in [1.82, 2.24) is 5.32 Å². The summed E-state index contributed by atoms with van der Waals surface area (Å²) in [5.41, 5.74) is 1.09. The maximum absolute atomic E-state index is 11.7. The summed E-state index contributed by atoms with van der Waals surface area (Å²) in [7, 11) is 0. The van der Waals surface area contributed by atoms with Crippen molar-refractivity contribution in [3.8, 4) is 5.75 Å². The molecule has 19 heavy (non-hydrogen) atoms. The molecule has 0 heterocycles. The molecule has 0 bridgehead atoms. The van der Waals surface area contributed by atoms with Crippen LogP contribution < -0.4 is 10.1 Å². The third-order valence-corrected chi connectivity index (χ3v) is 3.42. The van der Waals surface area contributed by atoms with Crippen molar-refractivity contribution >= 4 is 21.8 Å². The van der Waals surface area contributed by atoms with Crippen LogP contribution in [0, 0.1) is 0 Å². The van der Waals surface area contributed by atoms with Gasteiger partial charge in [-0.25, -0.2) is 0 Å². The number of alkyl halides is 1. The number of hydrogen-bond acceptors (Lipinski definition) is 2. The molecular weight excluding hydrogens is 306 g/mol. The third-order valence-electron chi connectivity index (χ3n) is 2.86. The minimum absolute atomic E-state index is 0.0344. The van der Waals surface area contributed by atoms with Crippen molar-refractivity contribution in [2.75, 3.05) is 11.9 Å². The zero-order valence-electron chi connectivity index (χ0n) is 11.6. The molecule has 1 unspecified atom stereocenters. The first-order chi connectivity index (χ1) is 9.17. The zero-order chi connectivity index (χ0) is 14.1. The van der Waals surface area contributed by atoms with Gasteiger partial charge in [0.15, 0.2) is 0 Å². The number of rotatable bonds is 8. The van der Waals surface area contributed by atoms with Crippen LogP contribution in [-0.2, 0) is 4.79 Å². The average molecular weight is 328 g/mol. The second-order valence-corrected chi connectivity index (χ2v) is 5.23. The van der Waals surface area contributed by atoms with Crippen molar-refractivity contribution in [2.24, 2.45) is 0 Å². The van der Waals surface area contributed by atoms with Crippen molar-refractivity contribution in [3.63, 3.8) is 0 Å². The molecule has 1 atom stereocenters. The van der Waals surface area contributed by atoms with Crippen LogP contribution in [0.1, 0.15) is 44.7 Å². The van der Waals surface area contributed by atoms with Crippen molar-refractivity contribution < 1.29 is 9.53 Å². The molecule has 4 heteroatoms. The molecule has 1 amide bonds. The minimum atomic E-state index is 0.0344. The standard InChI is InChI=1S/C15H22BrNO2/c1-3-19-14-9-7-13(8-10-14)12(2)17-15(18)6-4-5-11-16/h7-10,12H,3-6,11H2,1-2H3,(H,17,18). The quantitative estimate of drug-likeness (QED) is 0.582. The zero-order valence-corrected chi connectivity index (χ0v) is 13.2. The van der Waals surface area contributed by atoms with Gasteiger partial charge in [0.05, 0.1) is 12.6 Å². The van der Waals surface area contributed by atoms with Gasteiger partial charge in [-0.15, -0.1) is 0 Å². The number of unbranched alkanes of at least 4 members (excludes halogenated alkanes) is 1. The molecule has 0 aliphatic rings. The van der Waals surface area contributed by atoms with E-state index in [-0.39, 0.29) is 11.9 Å². The Bertz CT molecular complexity index is 378. The minimum Gasteiger partial charge on any atom is -0.494 e. The van der Waals surface area contributed by atoms with E-state index < -0.39 is 0 Å². The van der Waals surface area contributed by atoms with Crippen molar-refractivity contribution in [1.29, 1.82) is 0 Å². The van der Waals surface area contributed by atoms with Crippen LogP contribution >= 0.6 is 15.9 Å². The summed E-state index contributed by atoms with van der Waals surface area (Å²) in [5, 5.41) is 3.96. The summed E-state index contributed by atoms with van der Waals surface area (Å²) in [6.07, 6.45) is 2.55. The fourth-order valence-electron chi connectivity index (χ4n) is 1.80. The van der Waals surface area contributed by atoms with Gasteiger partial charge in [0.2, 0.25) is 5.91 Å². The van der Waals surface area contributed by atoms with Gasteiger partial charge in [-0.2, -0.15) is 0 Å². The molecule has 0 saturated heterocycles. The number of carbonyl (C=O) groups excluding carboxylic acids is 1. The van der Waals surface area contributed by atoms with Gasteiger partial charge >= 0.3 is 0 Å². The lowest BCUT2D eigenvalue weighted by Gasteiger charge is -2.15. The molecular formula is C15H22BrNO2. The number of nitrogens with one attached hydrogen (secondary N) is 1. The molecule has 1 aromatic rings. The van der Waals surface area contributed by atoms with Gasteiger partial charge in [0.25, 0.3) is 0 Å². The molecule has 1 N–H and O–H groups in total. The van der Waals surface area contributed by atoms with Crippen molar-refractivity contribution in [3.05, 3.63) is 29.8 Å². The van der Waals surface area contributed by atoms with E-state index in [2.05, 4.69) is 21.2 Å². The van der Waals surface area contributed by atoms with Gasteiger partial charge in [0, 0.05) is 11.8 Å². The number of hydrogen-bond donors (Lipinski definition) is 1. The van der Waals surface area contributed by atoms with E-state index in [0.29, 0.717) is 13.0 Å². The summed E-state index contributed by atoms with van der Waals surface area (Å²) in [6, 6.07) is 7.90. The summed E-state index contributed by atoms with van der Waals surface area (Å²) in [4.78, 5) is 11.7. The van der Waals surface area contributed by atoms with Gasteiger partial charge in [-0.3, -0.25) is 4.79 Å². The van der Waals surface area contributed by atoms with Crippen LogP contribution in [0.2, 0.25) is 0 Å². The van der Waals surface area contributed by atoms with E-state index in [1.54, 1.807) is 0 Å². The van der Waals surface area contributed by atoms with Crippen LogP contribution in [0.25, 0.3) is 0 Å². The van der Waals surface area contributed by atoms with Crippen LogP contribution in [0.4, 0.5) is 0 Å². The predicted octanol–water partition coefficient (Wildman–Crippen LogP) is 3.83. The Morgan fingerprint density at radius 2 is 2.00 bits per heavy atom. The second-order valence-electron chi connectivity index (χ2n) is 4.44. The molecule has 0 spiro atoms. The highest BCUT2D eigenvalue weighted by Gasteiger charge is 2.09. The first kappa shape index (κ1) is 16.0. The molecule has 0 saturated carbocycles. The van der Waals surface area contributed by atoms with E-state index in [1.807, 2.05) is 38.1 Å². The van der Waals surface area contributed by atoms with Crippen LogP contribution in [0.15, 0.2) is 24.3 Å². The number of ether oxygens (including phenoxy) is 1. The Hall–Kier alpha value is -1.03. The molecule has 0 aromatic heterocycles. The molecule has 0 fully saturated rings. The lowest BCUT2D eigenvalue weighted by molar-refractivity contribution is -0.121. The topological polar surface area (TPSA) is 38.3 Å². The number of halogens is 1. The summed E-state index contributed by atoms with van der Waals surface area (Å²) < 4.78 is 5.40. The fraction of sp³-hybridized carbons (Fsp3) is 0.533. The van der Waals surface area contributed by atoms with Crippen LogP contribution in [-0.4, -0.2) is 17.8 Å². The molecule has 1 aromatic carbocycles. The molecule has 106 valence electrons. The SMILES string of the molecule is CCOc1ccc(C(C)NC(=O)CCCCBr)cc1. The highest BCUT2D eigenvalue weighted by Crippen LogP contribution is 2.17. The van der Waals surface area contributed by atoms with E-state index in [0.717, 1.165) is 29.5 Å². The van der Waals surface area contributed by atoms with E-state index >= 15 is 0 Å². The van der Waals surface area contributed by atoms with Gasteiger partial charge < -0.3 is 10.1 Å². The average Bonchev–Trinajstić information content (AvgIpc) is 2.40. The molecule has 0 radical (unpaired) electrons. The maximum Gasteiger partial charge on any atom is 0.220 e. The third kappa shape index (κ3) is 6.10. The number of benzene rings is 1. The highest BCUT2D eigenvalue weighted by atomic mass is 79.9. The second kappa shape index (κ2) is 8.97. The molecule has 0 aliphatic heterocycles.